The lowest BCUT2D eigenvalue weighted by Crippen LogP contribution is -2.62. The number of ether oxygens (including phenoxy) is 2. The number of hydrazine groups is 1. The fourth-order valence-corrected chi connectivity index (χ4v) is 5.06. The van der Waals surface area contributed by atoms with Crippen LogP contribution >= 0.6 is 0 Å². The van der Waals surface area contributed by atoms with Crippen LogP contribution in [0.25, 0.3) is 0 Å². The third kappa shape index (κ3) is 9.48. The molecule has 1 saturated carbocycles. The molecule has 2 aliphatic rings. The summed E-state index contributed by atoms with van der Waals surface area (Å²) in [6.07, 6.45) is 1.53. The highest BCUT2D eigenvalue weighted by molar-refractivity contribution is 5.93. The molecular formula is C28H48N6O8. The van der Waals surface area contributed by atoms with Crippen molar-refractivity contribution in [2.75, 3.05) is 13.7 Å². The van der Waals surface area contributed by atoms with Gasteiger partial charge in [0.05, 0.1) is 19.2 Å². The zero-order valence-electron chi connectivity index (χ0n) is 26.2. The van der Waals surface area contributed by atoms with Gasteiger partial charge in [0.2, 0.25) is 11.8 Å². The summed E-state index contributed by atoms with van der Waals surface area (Å²) >= 11 is 0. The zero-order chi connectivity index (χ0) is 31.9. The van der Waals surface area contributed by atoms with E-state index in [0.717, 1.165) is 0 Å². The summed E-state index contributed by atoms with van der Waals surface area (Å²) in [5.41, 5.74) is -0.731. The smallest absolute Gasteiger partial charge is 0.408 e. The molecule has 6 amide bonds. The second-order valence-corrected chi connectivity index (χ2v) is 12.7. The van der Waals surface area contributed by atoms with E-state index >= 15 is 0 Å². The highest BCUT2D eigenvalue weighted by Crippen LogP contribution is 2.38. The van der Waals surface area contributed by atoms with Crippen LogP contribution < -0.4 is 21.3 Å². The number of fused-ring (bicyclic) bond motifs is 2. The number of carbonyl (C=O) groups excluding carboxylic acids is 6. The van der Waals surface area contributed by atoms with E-state index in [1.54, 1.807) is 34.6 Å². The minimum Gasteiger partial charge on any atom is -0.467 e. The van der Waals surface area contributed by atoms with Crippen molar-refractivity contribution in [3.05, 3.63) is 0 Å². The van der Waals surface area contributed by atoms with Crippen molar-refractivity contribution >= 4 is 35.8 Å². The van der Waals surface area contributed by atoms with Gasteiger partial charge in [-0.05, 0) is 65.2 Å². The number of urea groups is 1. The minimum atomic E-state index is -1.01. The number of methoxy groups -OCH3 is 1. The van der Waals surface area contributed by atoms with E-state index in [1.165, 1.54) is 24.1 Å². The van der Waals surface area contributed by atoms with Crippen molar-refractivity contribution in [3.8, 4) is 0 Å². The van der Waals surface area contributed by atoms with Gasteiger partial charge in [-0.15, -0.1) is 0 Å². The van der Waals surface area contributed by atoms with Gasteiger partial charge in [-0.3, -0.25) is 14.4 Å². The molecule has 2 fully saturated rings. The number of nitrogens with one attached hydrogen (secondary N) is 4. The molecule has 0 spiro atoms. The Hall–Kier alpha value is -3.58. The molecule has 1 aliphatic carbocycles. The summed E-state index contributed by atoms with van der Waals surface area (Å²) < 4.78 is 9.91. The Morgan fingerprint density at radius 3 is 2.00 bits per heavy atom. The Balaban J connectivity index is 2.12. The van der Waals surface area contributed by atoms with Crippen molar-refractivity contribution in [2.45, 2.75) is 117 Å². The first kappa shape index (κ1) is 34.6. The molecule has 1 heterocycles. The molecule has 0 aromatic carbocycles. The lowest BCUT2D eigenvalue weighted by molar-refractivity contribution is -0.152. The number of hydrogen-bond donors (Lipinski definition) is 4. The predicted octanol–water partition coefficient (Wildman–Crippen LogP) is 1.43. The fraction of sp³-hybridized carbons (Fsp3) is 0.786. The van der Waals surface area contributed by atoms with Gasteiger partial charge < -0.3 is 30.7 Å². The van der Waals surface area contributed by atoms with E-state index in [9.17, 15) is 28.8 Å². The molecule has 42 heavy (non-hydrogen) atoms. The van der Waals surface area contributed by atoms with Gasteiger partial charge in [-0.1, -0.05) is 27.7 Å². The fourth-order valence-electron chi connectivity index (χ4n) is 5.06. The Morgan fingerprint density at radius 1 is 0.881 bits per heavy atom. The lowest BCUT2D eigenvalue weighted by Gasteiger charge is -2.40. The highest BCUT2D eigenvalue weighted by atomic mass is 16.6. The van der Waals surface area contributed by atoms with Crippen molar-refractivity contribution in [1.29, 1.82) is 0 Å². The molecule has 1 aliphatic heterocycles. The Bertz CT molecular complexity index is 1030. The van der Waals surface area contributed by atoms with Crippen LogP contribution in [0.4, 0.5) is 9.59 Å². The topological polar surface area (TPSA) is 175 Å². The largest absolute Gasteiger partial charge is 0.467 e. The standard InChI is InChI=1S/C28H48N6O8/c1-15(2)12-20(31-21(35)14-29-27(40)42-28(6,7)8)24(37)33-18-10-11-19(13-18)34(33)26(39)30-17(5)23(36)32-22(16(3)4)25(38)41-9/h15-20,22H,10-14H2,1-9H3,(H,29,40)(H,30,39)(H,31,35)(H,32,36)/t17-,18?,19?,20-,22-/m0/s1. The van der Waals surface area contributed by atoms with Gasteiger partial charge in [0.1, 0.15) is 30.3 Å². The molecule has 14 nitrogen and oxygen atoms in total. The molecule has 2 unspecified atom stereocenters. The number of amides is 6. The monoisotopic (exact) mass is 596 g/mol. The van der Waals surface area contributed by atoms with Gasteiger partial charge in [0.15, 0.2) is 0 Å². The summed E-state index contributed by atoms with van der Waals surface area (Å²) in [4.78, 5) is 76.8. The molecule has 2 bridgehead atoms. The van der Waals surface area contributed by atoms with E-state index in [-0.39, 0.29) is 30.5 Å². The molecule has 0 aromatic heterocycles. The van der Waals surface area contributed by atoms with Crippen LogP contribution in [0.2, 0.25) is 0 Å². The molecule has 238 valence electrons. The Morgan fingerprint density at radius 2 is 1.48 bits per heavy atom. The molecule has 0 aromatic rings. The van der Waals surface area contributed by atoms with E-state index in [0.29, 0.717) is 25.7 Å². The van der Waals surface area contributed by atoms with E-state index in [4.69, 9.17) is 9.47 Å². The van der Waals surface area contributed by atoms with Crippen molar-refractivity contribution in [1.82, 2.24) is 31.3 Å². The second kappa shape index (κ2) is 14.5. The maximum absolute atomic E-state index is 13.8. The molecule has 14 heteroatoms. The van der Waals surface area contributed by atoms with Crippen LogP contribution in [0.1, 0.15) is 81.1 Å². The van der Waals surface area contributed by atoms with Crippen LogP contribution in [0, 0.1) is 11.8 Å². The average molecular weight is 597 g/mol. The number of rotatable bonds is 11. The highest BCUT2D eigenvalue weighted by Gasteiger charge is 2.51. The maximum atomic E-state index is 13.8. The first-order valence-electron chi connectivity index (χ1n) is 14.5. The summed E-state index contributed by atoms with van der Waals surface area (Å²) in [5, 5.41) is 13.1. The number of hydrogen-bond acceptors (Lipinski definition) is 8. The molecule has 5 atom stereocenters. The molecular weight excluding hydrogens is 548 g/mol. The van der Waals surface area contributed by atoms with Gasteiger partial charge >= 0.3 is 18.1 Å². The first-order chi connectivity index (χ1) is 19.4. The van der Waals surface area contributed by atoms with Crippen molar-refractivity contribution in [3.63, 3.8) is 0 Å². The summed E-state index contributed by atoms with van der Waals surface area (Å²) in [6, 6.07) is -3.93. The summed E-state index contributed by atoms with van der Waals surface area (Å²) in [6.45, 7) is 13.5. The van der Waals surface area contributed by atoms with Crippen LogP contribution in [0.3, 0.4) is 0 Å². The normalized spacial score (nSPS) is 20.1. The molecule has 4 N–H and O–H groups in total. The van der Waals surface area contributed by atoms with Gasteiger partial charge in [-0.2, -0.15) is 0 Å². The second-order valence-electron chi connectivity index (χ2n) is 12.7. The van der Waals surface area contributed by atoms with Crippen molar-refractivity contribution in [2.24, 2.45) is 11.8 Å². The Kier molecular flexibility index (Phi) is 12.0. The predicted molar refractivity (Wildman–Crippen MR) is 153 cm³/mol. The van der Waals surface area contributed by atoms with Gasteiger partial charge in [0, 0.05) is 0 Å². The summed E-state index contributed by atoms with van der Waals surface area (Å²) in [7, 11) is 1.23. The third-order valence-corrected chi connectivity index (χ3v) is 7.02. The summed E-state index contributed by atoms with van der Waals surface area (Å²) in [5.74, 6) is -2.39. The number of alkyl carbamates (subject to hydrolysis) is 1. The quantitative estimate of drug-likeness (QED) is 0.259. The number of esters is 1. The average Bonchev–Trinajstić information content (AvgIpc) is 3.49. The molecule has 2 rings (SSSR count). The first-order valence-corrected chi connectivity index (χ1v) is 14.5. The zero-order valence-corrected chi connectivity index (χ0v) is 26.2. The molecule has 0 radical (unpaired) electrons. The molecule has 1 saturated heterocycles. The third-order valence-electron chi connectivity index (χ3n) is 7.02. The van der Waals surface area contributed by atoms with E-state index in [2.05, 4.69) is 21.3 Å². The van der Waals surface area contributed by atoms with E-state index in [1.807, 2.05) is 13.8 Å². The van der Waals surface area contributed by atoms with Crippen molar-refractivity contribution < 1.29 is 38.2 Å². The van der Waals surface area contributed by atoms with Crippen LogP contribution in [-0.4, -0.2) is 95.3 Å². The maximum Gasteiger partial charge on any atom is 0.408 e. The van der Waals surface area contributed by atoms with Crippen LogP contribution in [0.15, 0.2) is 0 Å². The minimum absolute atomic E-state index is 0.0348. The van der Waals surface area contributed by atoms with E-state index < -0.39 is 59.5 Å². The Labute approximate surface area is 247 Å². The van der Waals surface area contributed by atoms with Gasteiger partial charge in [-0.25, -0.2) is 24.4 Å². The lowest BCUT2D eigenvalue weighted by atomic mass is 10.0. The SMILES string of the molecule is COC(=O)[C@@H](NC(=O)[C@H](C)NC(=O)N1C2CCC(C2)N1C(=O)[C@H](CC(C)C)NC(=O)CNC(=O)OC(C)(C)C)C(C)C. The van der Waals surface area contributed by atoms with Crippen LogP contribution in [-0.2, 0) is 28.7 Å². The number of carbonyl (C=O) groups is 6. The van der Waals surface area contributed by atoms with Gasteiger partial charge in [0.25, 0.3) is 5.91 Å². The van der Waals surface area contributed by atoms with Crippen LogP contribution in [0.5, 0.6) is 0 Å². The number of nitrogens with zero attached hydrogens (tertiary/aromatic N) is 2.